The Kier molecular flexibility index (Phi) is 5.08. The third-order valence-corrected chi connectivity index (χ3v) is 9.59. The molecule has 0 amide bonds. The molecule has 0 aliphatic heterocycles. The number of hydrogen-bond donors (Lipinski definition) is 0. The van der Waals surface area contributed by atoms with E-state index in [1.54, 1.807) is 6.47 Å². The fourth-order valence-corrected chi connectivity index (χ4v) is 8.26. The van der Waals surface area contributed by atoms with E-state index < -0.39 is 7.26 Å². The molecular formula is C21H20O2P. The summed E-state index contributed by atoms with van der Waals surface area (Å²) in [7, 11) is -2.53. The average Bonchev–Trinajstić information content (AvgIpc) is 2.65. The van der Waals surface area contributed by atoms with Crippen molar-refractivity contribution in [1.82, 2.24) is 0 Å². The van der Waals surface area contributed by atoms with Crippen LogP contribution in [0.25, 0.3) is 0 Å². The Morgan fingerprint density at radius 3 is 1.33 bits per heavy atom. The molecule has 1 atom stereocenters. The van der Waals surface area contributed by atoms with Crippen molar-refractivity contribution in [3.63, 3.8) is 0 Å². The first kappa shape index (κ1) is 16.4. The number of ether oxygens (including phenoxy) is 1. The van der Waals surface area contributed by atoms with Gasteiger partial charge in [-0.3, -0.25) is 0 Å². The molecule has 0 heterocycles. The summed E-state index contributed by atoms with van der Waals surface area (Å²) in [5.74, 6) is -0.276. The molecule has 3 aromatic rings. The number of benzene rings is 3. The molecular weight excluding hydrogens is 315 g/mol. The van der Waals surface area contributed by atoms with Crippen molar-refractivity contribution in [3.8, 4) is 0 Å². The van der Waals surface area contributed by atoms with E-state index in [-0.39, 0.29) is 5.85 Å². The quantitative estimate of drug-likeness (QED) is 0.647. The molecule has 3 aromatic carbocycles. The molecule has 2 nitrogen and oxygen atoms in total. The maximum absolute atomic E-state index is 11.0. The van der Waals surface area contributed by atoms with Crippen LogP contribution in [0.2, 0.25) is 0 Å². The van der Waals surface area contributed by atoms with Crippen LogP contribution in [0.1, 0.15) is 6.92 Å². The van der Waals surface area contributed by atoms with Crippen LogP contribution in [0.15, 0.2) is 91.0 Å². The molecule has 121 valence electrons. The molecule has 0 aliphatic carbocycles. The van der Waals surface area contributed by atoms with Crippen LogP contribution in [-0.2, 0) is 9.53 Å². The summed E-state index contributed by atoms with van der Waals surface area (Å²) in [6.07, 6.45) is 0. The Bertz CT molecular complexity index is 676. The summed E-state index contributed by atoms with van der Waals surface area (Å²) in [6.45, 7) is 3.64. The van der Waals surface area contributed by atoms with E-state index in [0.717, 1.165) is 0 Å². The second kappa shape index (κ2) is 7.42. The Hall–Kier alpha value is -2.44. The van der Waals surface area contributed by atoms with Crippen molar-refractivity contribution < 1.29 is 9.53 Å². The van der Waals surface area contributed by atoms with Crippen molar-refractivity contribution >= 4 is 29.6 Å². The summed E-state index contributed by atoms with van der Waals surface area (Å²) in [6, 6.07) is 31.1. The Morgan fingerprint density at radius 2 is 1.04 bits per heavy atom. The molecule has 0 aromatic heterocycles. The van der Waals surface area contributed by atoms with Crippen LogP contribution >= 0.6 is 7.26 Å². The van der Waals surface area contributed by atoms with Gasteiger partial charge in [-0.2, -0.15) is 0 Å². The molecule has 0 N–H and O–H groups in total. The van der Waals surface area contributed by atoms with E-state index in [0.29, 0.717) is 0 Å². The first-order valence-corrected chi connectivity index (χ1v) is 10.1. The zero-order valence-corrected chi connectivity index (χ0v) is 14.6. The summed E-state index contributed by atoms with van der Waals surface area (Å²) < 4.78 is 5.43. The first-order valence-electron chi connectivity index (χ1n) is 7.99. The van der Waals surface area contributed by atoms with E-state index >= 15 is 0 Å². The van der Waals surface area contributed by atoms with Crippen molar-refractivity contribution in [3.05, 3.63) is 91.0 Å². The van der Waals surface area contributed by atoms with Crippen LogP contribution < -0.4 is 15.9 Å². The van der Waals surface area contributed by atoms with Gasteiger partial charge in [-0.1, -0.05) is 0 Å². The Morgan fingerprint density at radius 1 is 0.708 bits per heavy atom. The minimum atomic E-state index is -2.53. The summed E-state index contributed by atoms with van der Waals surface area (Å²) in [5.41, 5.74) is 0. The fraction of sp³-hybridized carbons (Fsp3) is 0.0952. The van der Waals surface area contributed by atoms with E-state index in [1.165, 1.54) is 15.9 Å². The van der Waals surface area contributed by atoms with Crippen LogP contribution in [0.3, 0.4) is 0 Å². The van der Waals surface area contributed by atoms with Crippen LogP contribution in [0.5, 0.6) is 0 Å². The van der Waals surface area contributed by atoms with Gasteiger partial charge in [0.1, 0.15) is 0 Å². The Labute approximate surface area is 143 Å². The van der Waals surface area contributed by atoms with Crippen molar-refractivity contribution in [1.29, 1.82) is 0 Å². The third kappa shape index (κ3) is 2.86. The SMILES string of the molecule is CC(O[C]=O)[PH](c1ccccc1)(c1ccccc1)c1ccccc1. The van der Waals surface area contributed by atoms with Gasteiger partial charge in [0.15, 0.2) is 0 Å². The maximum atomic E-state index is 11.0. The monoisotopic (exact) mass is 335 g/mol. The minimum absolute atomic E-state index is 0.276. The van der Waals surface area contributed by atoms with Gasteiger partial charge in [0, 0.05) is 0 Å². The van der Waals surface area contributed by atoms with Crippen LogP contribution in [0.4, 0.5) is 0 Å². The molecule has 0 saturated heterocycles. The number of rotatable bonds is 6. The van der Waals surface area contributed by atoms with Gasteiger partial charge in [-0.25, -0.2) is 0 Å². The number of hydrogen-bond acceptors (Lipinski definition) is 2. The van der Waals surface area contributed by atoms with E-state index in [1.807, 2.05) is 61.5 Å². The van der Waals surface area contributed by atoms with Crippen LogP contribution in [-0.4, -0.2) is 12.3 Å². The zero-order valence-electron chi connectivity index (χ0n) is 13.6. The molecule has 0 bridgehead atoms. The topological polar surface area (TPSA) is 26.3 Å². The van der Waals surface area contributed by atoms with Gasteiger partial charge < -0.3 is 0 Å². The number of carbonyl (C=O) groups excluding carboxylic acids is 1. The molecule has 3 heteroatoms. The molecule has 0 fully saturated rings. The van der Waals surface area contributed by atoms with Gasteiger partial charge in [0.05, 0.1) is 0 Å². The van der Waals surface area contributed by atoms with E-state index in [9.17, 15) is 4.79 Å². The van der Waals surface area contributed by atoms with Gasteiger partial charge in [0.2, 0.25) is 0 Å². The van der Waals surface area contributed by atoms with E-state index in [4.69, 9.17) is 4.74 Å². The van der Waals surface area contributed by atoms with Gasteiger partial charge in [-0.15, -0.1) is 0 Å². The third-order valence-electron chi connectivity index (χ3n) is 4.52. The second-order valence-corrected chi connectivity index (χ2v) is 9.91. The normalized spacial score (nSPS) is 13.0. The molecule has 0 spiro atoms. The molecule has 1 radical (unpaired) electrons. The summed E-state index contributed by atoms with van der Waals surface area (Å²) in [4.78, 5) is 11.0. The molecule has 3 rings (SSSR count). The average molecular weight is 335 g/mol. The standard InChI is InChI=1S/C21H20O2P/c1-18(23-17-22)24(19-11-5-2-6-12-19,20-13-7-3-8-14-20)21-15-9-4-10-16-21/h2-16,18,24H,1H3. The summed E-state index contributed by atoms with van der Waals surface area (Å²) >= 11 is 0. The van der Waals surface area contributed by atoms with Gasteiger partial charge >= 0.3 is 143 Å². The first-order chi connectivity index (χ1) is 11.8. The van der Waals surface area contributed by atoms with Crippen molar-refractivity contribution in [2.24, 2.45) is 0 Å². The van der Waals surface area contributed by atoms with E-state index in [2.05, 4.69) is 36.4 Å². The predicted octanol–water partition coefficient (Wildman–Crippen LogP) is 3.14. The van der Waals surface area contributed by atoms with Crippen molar-refractivity contribution in [2.45, 2.75) is 12.8 Å². The predicted molar refractivity (Wildman–Crippen MR) is 103 cm³/mol. The van der Waals surface area contributed by atoms with Crippen molar-refractivity contribution in [2.75, 3.05) is 0 Å². The van der Waals surface area contributed by atoms with Gasteiger partial charge in [-0.05, 0) is 0 Å². The molecule has 0 aliphatic rings. The molecule has 0 saturated carbocycles. The van der Waals surface area contributed by atoms with Crippen LogP contribution in [0, 0.1) is 0 Å². The molecule has 24 heavy (non-hydrogen) atoms. The zero-order chi connectivity index (χ0) is 16.8. The van der Waals surface area contributed by atoms with Gasteiger partial charge in [0.25, 0.3) is 0 Å². The summed E-state index contributed by atoms with van der Waals surface area (Å²) in [5, 5.41) is 3.64. The fourth-order valence-electron chi connectivity index (χ4n) is 3.47. The second-order valence-electron chi connectivity index (χ2n) is 5.75. The Balaban J connectivity index is 2.35. The molecule has 1 unspecified atom stereocenters.